The number of nitrogens with zero attached hydrogens (tertiary/aromatic N) is 1. The number of aldehydes is 1. The Morgan fingerprint density at radius 2 is 1.83 bits per heavy atom. The van der Waals surface area contributed by atoms with Crippen molar-refractivity contribution in [1.29, 1.82) is 0 Å². The van der Waals surface area contributed by atoms with E-state index in [0.29, 0.717) is 12.0 Å². The fourth-order valence-electron chi connectivity index (χ4n) is 2.77. The molecule has 1 amide bonds. The first-order valence-electron chi connectivity index (χ1n) is 7.53. The minimum Gasteiger partial charge on any atom is -0.350 e. The highest BCUT2D eigenvalue weighted by Crippen LogP contribution is 2.20. The van der Waals surface area contributed by atoms with Crippen molar-refractivity contribution in [3.8, 4) is 0 Å². The highest BCUT2D eigenvalue weighted by molar-refractivity contribution is 6.07. The molecule has 0 aliphatic rings. The molecule has 0 bridgehead atoms. The van der Waals surface area contributed by atoms with E-state index in [9.17, 15) is 9.59 Å². The number of rotatable bonds is 5. The van der Waals surface area contributed by atoms with Crippen molar-refractivity contribution in [1.82, 2.24) is 9.88 Å². The third-order valence-electron chi connectivity index (χ3n) is 3.92. The number of carbonyl (C=O) groups is 2. The molecule has 0 spiro atoms. The van der Waals surface area contributed by atoms with Gasteiger partial charge in [-0.15, -0.1) is 0 Å². The lowest BCUT2D eigenvalue weighted by Crippen LogP contribution is -2.37. The summed E-state index contributed by atoms with van der Waals surface area (Å²) in [5.74, 6) is -0.227. The maximum Gasteiger partial charge on any atom is 0.254 e. The van der Waals surface area contributed by atoms with E-state index < -0.39 is 6.04 Å². The SMILES string of the molecule is Cn1cc(C(=O)N[C@H](C=O)Cc2ccccc2)c2ccccc21. The Labute approximate surface area is 134 Å². The standard InChI is InChI=1S/C19H18N2O2/c1-21-12-17(16-9-5-6-10-18(16)21)19(23)20-15(13-22)11-14-7-3-2-4-8-14/h2-10,12-13,15H,11H2,1H3,(H,20,23)/t15-/m0/s1. The minimum atomic E-state index is -0.538. The predicted molar refractivity (Wildman–Crippen MR) is 90.4 cm³/mol. The zero-order valence-corrected chi connectivity index (χ0v) is 12.9. The van der Waals surface area contributed by atoms with Crippen LogP contribution in [0.1, 0.15) is 15.9 Å². The van der Waals surface area contributed by atoms with Crippen LogP contribution in [0.3, 0.4) is 0 Å². The summed E-state index contributed by atoms with van der Waals surface area (Å²) in [6.07, 6.45) is 3.07. The summed E-state index contributed by atoms with van der Waals surface area (Å²) in [4.78, 5) is 23.9. The molecule has 0 unspecified atom stereocenters. The summed E-state index contributed by atoms with van der Waals surface area (Å²) in [5.41, 5.74) is 2.59. The summed E-state index contributed by atoms with van der Waals surface area (Å²) in [6.45, 7) is 0. The van der Waals surface area contributed by atoms with Crippen molar-refractivity contribution in [2.75, 3.05) is 0 Å². The topological polar surface area (TPSA) is 51.1 Å². The molecule has 0 aliphatic heterocycles. The highest BCUT2D eigenvalue weighted by atomic mass is 16.2. The Balaban J connectivity index is 1.80. The van der Waals surface area contributed by atoms with Gasteiger partial charge in [-0.2, -0.15) is 0 Å². The first-order chi connectivity index (χ1) is 11.2. The minimum absolute atomic E-state index is 0.227. The van der Waals surface area contributed by atoms with Crippen molar-refractivity contribution in [2.45, 2.75) is 12.5 Å². The lowest BCUT2D eigenvalue weighted by Gasteiger charge is -2.12. The van der Waals surface area contributed by atoms with Crippen LogP contribution in [0.25, 0.3) is 10.9 Å². The Morgan fingerprint density at radius 1 is 1.13 bits per heavy atom. The molecule has 0 radical (unpaired) electrons. The van der Waals surface area contributed by atoms with Gasteiger partial charge in [0.25, 0.3) is 5.91 Å². The number of nitrogens with one attached hydrogen (secondary N) is 1. The Kier molecular flexibility index (Phi) is 4.24. The monoisotopic (exact) mass is 306 g/mol. The van der Waals surface area contributed by atoms with Gasteiger partial charge in [-0.1, -0.05) is 48.5 Å². The number of hydrogen-bond donors (Lipinski definition) is 1. The molecule has 3 rings (SSSR count). The van der Waals surface area contributed by atoms with Gasteiger partial charge in [0.2, 0.25) is 0 Å². The van der Waals surface area contributed by atoms with E-state index >= 15 is 0 Å². The van der Waals surface area contributed by atoms with Crippen LogP contribution < -0.4 is 5.32 Å². The molecule has 0 saturated heterocycles. The summed E-state index contributed by atoms with van der Waals surface area (Å²) in [6, 6.07) is 16.8. The quantitative estimate of drug-likeness (QED) is 0.737. The number of para-hydroxylation sites is 1. The summed E-state index contributed by atoms with van der Waals surface area (Å²) in [7, 11) is 1.90. The molecule has 4 heteroatoms. The van der Waals surface area contributed by atoms with Crippen LogP contribution >= 0.6 is 0 Å². The van der Waals surface area contributed by atoms with Gasteiger partial charge in [0.05, 0.1) is 11.6 Å². The molecular weight excluding hydrogens is 288 g/mol. The first-order valence-corrected chi connectivity index (χ1v) is 7.53. The van der Waals surface area contributed by atoms with Crippen LogP contribution in [0.5, 0.6) is 0 Å². The fraction of sp³-hybridized carbons (Fsp3) is 0.158. The van der Waals surface area contributed by atoms with Crippen LogP contribution in [-0.4, -0.2) is 22.8 Å². The molecule has 3 aromatic rings. The third kappa shape index (κ3) is 3.16. The number of aryl methyl sites for hydroxylation is 1. The highest BCUT2D eigenvalue weighted by Gasteiger charge is 2.17. The van der Waals surface area contributed by atoms with E-state index in [0.717, 1.165) is 22.8 Å². The largest absolute Gasteiger partial charge is 0.350 e. The summed E-state index contributed by atoms with van der Waals surface area (Å²) in [5, 5.41) is 3.70. The number of carbonyl (C=O) groups excluding carboxylic acids is 2. The molecule has 23 heavy (non-hydrogen) atoms. The lowest BCUT2D eigenvalue weighted by molar-refractivity contribution is -0.109. The molecule has 0 aliphatic carbocycles. The molecule has 2 aromatic carbocycles. The van der Waals surface area contributed by atoms with Crippen molar-refractivity contribution in [3.05, 3.63) is 71.9 Å². The normalized spacial score (nSPS) is 12.0. The molecule has 4 nitrogen and oxygen atoms in total. The average molecular weight is 306 g/mol. The van der Waals surface area contributed by atoms with E-state index in [4.69, 9.17) is 0 Å². The van der Waals surface area contributed by atoms with Crippen molar-refractivity contribution in [3.63, 3.8) is 0 Å². The van der Waals surface area contributed by atoms with Crippen LogP contribution in [-0.2, 0) is 18.3 Å². The molecule has 0 saturated carbocycles. The van der Waals surface area contributed by atoms with Gasteiger partial charge in [0.1, 0.15) is 6.29 Å². The molecule has 0 fully saturated rings. The molecule has 116 valence electrons. The van der Waals surface area contributed by atoms with Gasteiger partial charge in [-0.3, -0.25) is 4.79 Å². The second kappa shape index (κ2) is 6.48. The molecule has 1 atom stereocenters. The summed E-state index contributed by atoms with van der Waals surface area (Å²) < 4.78 is 1.91. The average Bonchev–Trinajstić information content (AvgIpc) is 2.93. The van der Waals surface area contributed by atoms with E-state index in [1.54, 1.807) is 6.20 Å². The van der Waals surface area contributed by atoms with Crippen LogP contribution in [0, 0.1) is 0 Å². The van der Waals surface area contributed by atoms with Crippen LogP contribution in [0.4, 0.5) is 0 Å². The maximum atomic E-state index is 12.5. The number of fused-ring (bicyclic) bond motifs is 1. The van der Waals surface area contributed by atoms with Gasteiger partial charge in [0.15, 0.2) is 0 Å². The number of aromatic nitrogens is 1. The molecule has 1 aromatic heterocycles. The second-order valence-corrected chi connectivity index (χ2v) is 5.58. The van der Waals surface area contributed by atoms with Gasteiger partial charge in [-0.05, 0) is 18.1 Å². The fourth-order valence-corrected chi connectivity index (χ4v) is 2.77. The molecule has 1 N–H and O–H groups in total. The van der Waals surface area contributed by atoms with Gasteiger partial charge >= 0.3 is 0 Å². The van der Waals surface area contributed by atoms with E-state index in [2.05, 4.69) is 5.32 Å². The Hall–Kier alpha value is -2.88. The van der Waals surface area contributed by atoms with Crippen molar-refractivity contribution in [2.24, 2.45) is 7.05 Å². The van der Waals surface area contributed by atoms with Gasteiger partial charge in [-0.25, -0.2) is 0 Å². The zero-order chi connectivity index (χ0) is 16.2. The van der Waals surface area contributed by atoms with Crippen molar-refractivity contribution >= 4 is 23.1 Å². The second-order valence-electron chi connectivity index (χ2n) is 5.58. The van der Waals surface area contributed by atoms with E-state index in [1.165, 1.54) is 0 Å². The van der Waals surface area contributed by atoms with Gasteiger partial charge in [0, 0.05) is 24.1 Å². The number of amides is 1. The first kappa shape index (κ1) is 15.0. The van der Waals surface area contributed by atoms with Crippen molar-refractivity contribution < 1.29 is 9.59 Å². The smallest absolute Gasteiger partial charge is 0.254 e. The van der Waals surface area contributed by atoms with Gasteiger partial charge < -0.3 is 14.7 Å². The Bertz CT molecular complexity index is 837. The van der Waals surface area contributed by atoms with Crippen LogP contribution in [0.2, 0.25) is 0 Å². The summed E-state index contributed by atoms with van der Waals surface area (Å²) >= 11 is 0. The molecule has 1 heterocycles. The maximum absolute atomic E-state index is 12.5. The lowest BCUT2D eigenvalue weighted by atomic mass is 10.1. The number of benzene rings is 2. The van der Waals surface area contributed by atoms with Crippen LogP contribution in [0.15, 0.2) is 60.8 Å². The number of hydrogen-bond acceptors (Lipinski definition) is 2. The molecular formula is C19H18N2O2. The van der Waals surface area contributed by atoms with E-state index in [1.807, 2.05) is 66.2 Å². The zero-order valence-electron chi connectivity index (χ0n) is 12.9. The third-order valence-corrected chi connectivity index (χ3v) is 3.92. The van der Waals surface area contributed by atoms with E-state index in [-0.39, 0.29) is 5.91 Å². The Morgan fingerprint density at radius 3 is 2.57 bits per heavy atom. The predicted octanol–water partition coefficient (Wildman–Crippen LogP) is 2.72.